The number of phenols is 1. The fraction of sp³-hybridized carbons (Fsp3) is 0.294. The Balaban J connectivity index is 2.25. The highest BCUT2D eigenvalue weighted by molar-refractivity contribution is 5.96. The summed E-state index contributed by atoms with van der Waals surface area (Å²) in [6.07, 6.45) is 9.42. The fourth-order valence-electron chi connectivity index (χ4n) is 2.11. The summed E-state index contributed by atoms with van der Waals surface area (Å²) >= 11 is 0. The number of ketones is 1. The fourth-order valence-corrected chi connectivity index (χ4v) is 2.11. The molecule has 0 saturated carbocycles. The molecule has 0 aliphatic carbocycles. The highest BCUT2D eigenvalue weighted by Gasteiger charge is 2.16. The molecule has 0 fully saturated rings. The molecule has 2 rings (SSSR count). The molecule has 1 heterocycles. The summed E-state index contributed by atoms with van der Waals surface area (Å²) < 4.78 is 5.13. The molecular weight excluding hydrogens is 268 g/mol. The number of hydrogen-bond acceptors (Lipinski definition) is 4. The van der Waals surface area contributed by atoms with Crippen molar-refractivity contribution in [2.75, 3.05) is 6.61 Å². The maximum absolute atomic E-state index is 12.1. The quantitative estimate of drug-likeness (QED) is 0.743. The van der Waals surface area contributed by atoms with Crippen molar-refractivity contribution in [2.45, 2.75) is 25.7 Å². The van der Waals surface area contributed by atoms with E-state index >= 15 is 0 Å². The van der Waals surface area contributed by atoms with E-state index in [0.717, 1.165) is 12.8 Å². The number of ether oxygens (including phenoxy) is 1. The van der Waals surface area contributed by atoms with Crippen LogP contribution in [0, 0.1) is 0 Å². The zero-order chi connectivity index (χ0) is 15.1. The number of hydrogen-bond donors (Lipinski definition) is 1. The predicted molar refractivity (Wildman–Crippen MR) is 80.0 cm³/mol. The van der Waals surface area contributed by atoms with Gasteiger partial charge in [-0.05, 0) is 37.0 Å². The van der Waals surface area contributed by atoms with E-state index in [1.54, 1.807) is 24.3 Å². The van der Waals surface area contributed by atoms with Gasteiger partial charge >= 0.3 is 5.97 Å². The van der Waals surface area contributed by atoms with Gasteiger partial charge in [0.25, 0.3) is 0 Å². The van der Waals surface area contributed by atoms with E-state index in [2.05, 4.69) is 0 Å². The normalized spacial score (nSPS) is 20.0. The Morgan fingerprint density at radius 2 is 1.86 bits per heavy atom. The van der Waals surface area contributed by atoms with Crippen LogP contribution >= 0.6 is 0 Å². The topological polar surface area (TPSA) is 63.6 Å². The number of carbonyl (C=O) groups excluding carboxylic acids is 2. The highest BCUT2D eigenvalue weighted by atomic mass is 16.5. The van der Waals surface area contributed by atoms with Crippen molar-refractivity contribution in [3.63, 3.8) is 0 Å². The van der Waals surface area contributed by atoms with Crippen LogP contribution in [0.1, 0.15) is 41.6 Å². The molecule has 1 aliphatic rings. The zero-order valence-electron chi connectivity index (χ0n) is 11.7. The van der Waals surface area contributed by atoms with Crippen molar-refractivity contribution in [1.82, 2.24) is 0 Å². The Bertz CT molecular complexity index is 584. The van der Waals surface area contributed by atoms with Gasteiger partial charge in [0, 0.05) is 6.42 Å². The average Bonchev–Trinajstić information content (AvgIpc) is 2.45. The Morgan fingerprint density at radius 1 is 1.05 bits per heavy atom. The molecule has 0 radical (unpaired) electrons. The van der Waals surface area contributed by atoms with Crippen LogP contribution in [0.15, 0.2) is 36.4 Å². The first-order chi connectivity index (χ1) is 10.2. The molecule has 0 spiro atoms. The summed E-state index contributed by atoms with van der Waals surface area (Å²) in [5, 5.41) is 9.87. The first kappa shape index (κ1) is 15.0. The van der Waals surface area contributed by atoms with Crippen molar-refractivity contribution < 1.29 is 19.4 Å². The first-order valence-corrected chi connectivity index (χ1v) is 7.03. The molecule has 0 aromatic heterocycles. The van der Waals surface area contributed by atoms with Gasteiger partial charge in [-0.25, -0.2) is 4.79 Å². The number of aromatic hydroxyl groups is 1. The lowest BCUT2D eigenvalue weighted by molar-refractivity contribution is -0.114. The molecule has 1 aromatic rings. The van der Waals surface area contributed by atoms with E-state index in [9.17, 15) is 14.7 Å². The van der Waals surface area contributed by atoms with Gasteiger partial charge in [0.1, 0.15) is 11.3 Å². The van der Waals surface area contributed by atoms with Crippen LogP contribution in [0.3, 0.4) is 0 Å². The lowest BCUT2D eigenvalue weighted by Crippen LogP contribution is -2.08. The standard InChI is InChI=1S/C17H18O4/c18-14-9-3-1-2-7-13-8-6-11-15(19)16(13)17(20)21-12-5-4-10-14/h2,4,6-8,10-11,19H,1,3,5,9,12H2/b7-2+,10-4-. The predicted octanol–water partition coefficient (Wildman–Crippen LogP) is 3.26. The number of esters is 1. The minimum Gasteiger partial charge on any atom is -0.507 e. The number of rotatable bonds is 0. The van der Waals surface area contributed by atoms with Gasteiger partial charge in [-0.2, -0.15) is 0 Å². The molecule has 0 atom stereocenters. The number of benzene rings is 1. The zero-order valence-corrected chi connectivity index (χ0v) is 11.7. The molecule has 0 bridgehead atoms. The molecule has 21 heavy (non-hydrogen) atoms. The summed E-state index contributed by atoms with van der Waals surface area (Å²) in [4.78, 5) is 23.6. The summed E-state index contributed by atoms with van der Waals surface area (Å²) in [5.41, 5.74) is 0.810. The molecule has 1 aromatic carbocycles. The third kappa shape index (κ3) is 4.31. The molecule has 1 N–H and O–H groups in total. The van der Waals surface area contributed by atoms with Gasteiger partial charge in [0.2, 0.25) is 0 Å². The Kier molecular flexibility index (Phi) is 5.32. The van der Waals surface area contributed by atoms with Crippen molar-refractivity contribution in [3.05, 3.63) is 47.6 Å². The van der Waals surface area contributed by atoms with Crippen LogP contribution in [0.5, 0.6) is 5.75 Å². The molecule has 0 unspecified atom stereocenters. The van der Waals surface area contributed by atoms with Crippen molar-refractivity contribution in [2.24, 2.45) is 0 Å². The molecule has 4 heteroatoms. The molecule has 110 valence electrons. The van der Waals surface area contributed by atoms with E-state index < -0.39 is 5.97 Å². The monoisotopic (exact) mass is 286 g/mol. The SMILES string of the molecule is O=C1/C=C\CCOC(=O)c2c(O)cccc2/C=C/CCC1. The number of carbonyl (C=O) groups is 2. The molecule has 0 amide bonds. The lowest BCUT2D eigenvalue weighted by atomic mass is 10.0. The smallest absolute Gasteiger partial charge is 0.342 e. The first-order valence-electron chi connectivity index (χ1n) is 7.03. The number of fused-ring (bicyclic) bond motifs is 1. The third-order valence-electron chi connectivity index (χ3n) is 3.19. The van der Waals surface area contributed by atoms with Gasteiger partial charge in [-0.3, -0.25) is 4.79 Å². The molecule has 1 aliphatic heterocycles. The molecule has 4 nitrogen and oxygen atoms in total. The Hall–Kier alpha value is -2.36. The number of cyclic esters (lactones) is 1. The Labute approximate surface area is 123 Å². The molecular formula is C17H18O4. The van der Waals surface area contributed by atoms with Crippen molar-refractivity contribution in [3.8, 4) is 5.75 Å². The summed E-state index contributed by atoms with van der Waals surface area (Å²) in [6, 6.07) is 4.90. The van der Waals surface area contributed by atoms with Gasteiger partial charge in [0.05, 0.1) is 6.61 Å². The largest absolute Gasteiger partial charge is 0.507 e. The summed E-state index contributed by atoms with van der Waals surface area (Å²) in [5.74, 6) is -0.547. The van der Waals surface area contributed by atoms with Crippen LogP contribution in [0.4, 0.5) is 0 Å². The highest BCUT2D eigenvalue weighted by Crippen LogP contribution is 2.23. The number of phenolic OH excluding ortho intramolecular Hbond substituents is 1. The van der Waals surface area contributed by atoms with Crippen molar-refractivity contribution in [1.29, 1.82) is 0 Å². The maximum Gasteiger partial charge on any atom is 0.342 e. The van der Waals surface area contributed by atoms with E-state index in [0.29, 0.717) is 18.4 Å². The second kappa shape index (κ2) is 7.43. The van der Waals surface area contributed by atoms with Crippen LogP contribution < -0.4 is 0 Å². The van der Waals surface area contributed by atoms with Gasteiger partial charge in [-0.15, -0.1) is 0 Å². The van der Waals surface area contributed by atoms with E-state index in [4.69, 9.17) is 4.74 Å². The van der Waals surface area contributed by atoms with Crippen LogP contribution in [-0.2, 0) is 9.53 Å². The Morgan fingerprint density at radius 3 is 2.71 bits per heavy atom. The van der Waals surface area contributed by atoms with Crippen LogP contribution in [0.25, 0.3) is 6.08 Å². The minimum absolute atomic E-state index is 0.0834. The second-order valence-electron chi connectivity index (χ2n) is 4.83. The van der Waals surface area contributed by atoms with Crippen LogP contribution in [0.2, 0.25) is 0 Å². The van der Waals surface area contributed by atoms with Gasteiger partial charge in [0.15, 0.2) is 5.78 Å². The van der Waals surface area contributed by atoms with Gasteiger partial charge < -0.3 is 9.84 Å². The molecule has 0 saturated heterocycles. The third-order valence-corrected chi connectivity index (χ3v) is 3.19. The van der Waals surface area contributed by atoms with Crippen molar-refractivity contribution >= 4 is 17.8 Å². The lowest BCUT2D eigenvalue weighted by Gasteiger charge is -2.09. The van der Waals surface area contributed by atoms with E-state index in [1.807, 2.05) is 6.08 Å². The average molecular weight is 286 g/mol. The second-order valence-corrected chi connectivity index (χ2v) is 4.83. The maximum atomic E-state index is 12.1. The van der Waals surface area contributed by atoms with Crippen LogP contribution in [-0.4, -0.2) is 23.5 Å². The summed E-state index contributed by atoms with van der Waals surface area (Å²) in [6.45, 7) is 0.181. The summed E-state index contributed by atoms with van der Waals surface area (Å²) in [7, 11) is 0. The van der Waals surface area contributed by atoms with E-state index in [-0.39, 0.29) is 23.7 Å². The minimum atomic E-state index is -0.551. The van der Waals surface area contributed by atoms with Gasteiger partial charge in [-0.1, -0.05) is 30.4 Å². The number of allylic oxidation sites excluding steroid dienone is 2. The van der Waals surface area contributed by atoms with E-state index in [1.165, 1.54) is 12.1 Å².